The molecule has 0 atom stereocenters. The van der Waals surface area contributed by atoms with Gasteiger partial charge in [0.15, 0.2) is 0 Å². The van der Waals surface area contributed by atoms with Crippen molar-refractivity contribution in [2.75, 3.05) is 0 Å². The standard InChI is InChI=1S/C24H15F3O4/c1-14-6-5-9-16(12-14)23(29)30-17-10-11-18-19(13-17)31-22(24(25,26)27)20(21(18)28)15-7-3-2-4-8-15/h2-13H,1H3. The second-order valence-electron chi connectivity index (χ2n) is 6.92. The van der Waals surface area contributed by atoms with Crippen LogP contribution in [0.5, 0.6) is 5.75 Å². The Bertz CT molecular complexity index is 1340. The number of rotatable bonds is 3. The number of ether oxygens (including phenoxy) is 1. The molecule has 0 bridgehead atoms. The number of alkyl halides is 3. The van der Waals surface area contributed by atoms with Crippen LogP contribution in [0.15, 0.2) is 82.0 Å². The molecular formula is C24H15F3O4. The molecule has 4 rings (SSSR count). The summed E-state index contributed by atoms with van der Waals surface area (Å²) < 4.78 is 51.5. The summed E-state index contributed by atoms with van der Waals surface area (Å²) in [6.45, 7) is 1.81. The number of aryl methyl sites for hydroxylation is 1. The van der Waals surface area contributed by atoms with E-state index in [1.807, 2.05) is 13.0 Å². The molecule has 31 heavy (non-hydrogen) atoms. The van der Waals surface area contributed by atoms with Gasteiger partial charge in [0.1, 0.15) is 11.3 Å². The Morgan fingerprint density at radius 2 is 1.68 bits per heavy atom. The number of esters is 1. The van der Waals surface area contributed by atoms with Gasteiger partial charge in [-0.15, -0.1) is 0 Å². The Kier molecular flexibility index (Phi) is 5.10. The first kappa shape index (κ1) is 20.4. The Balaban J connectivity index is 1.82. The minimum atomic E-state index is -4.90. The molecule has 0 aliphatic carbocycles. The maximum Gasteiger partial charge on any atom is 0.450 e. The van der Waals surface area contributed by atoms with Gasteiger partial charge in [0.2, 0.25) is 11.2 Å². The lowest BCUT2D eigenvalue weighted by molar-refractivity contribution is -0.152. The largest absolute Gasteiger partial charge is 0.450 e. The van der Waals surface area contributed by atoms with Crippen LogP contribution in [0.4, 0.5) is 13.2 Å². The predicted octanol–water partition coefficient (Wildman–Crippen LogP) is 6.01. The van der Waals surface area contributed by atoms with Gasteiger partial charge in [-0.2, -0.15) is 13.2 Å². The third-order valence-electron chi connectivity index (χ3n) is 4.65. The molecule has 0 saturated carbocycles. The van der Waals surface area contributed by atoms with E-state index in [9.17, 15) is 22.8 Å². The molecule has 1 aromatic heterocycles. The lowest BCUT2D eigenvalue weighted by atomic mass is 10.0. The van der Waals surface area contributed by atoms with E-state index in [1.165, 1.54) is 36.4 Å². The lowest BCUT2D eigenvalue weighted by Crippen LogP contribution is -2.16. The summed E-state index contributed by atoms with van der Waals surface area (Å²) >= 11 is 0. The molecular weight excluding hydrogens is 409 g/mol. The predicted molar refractivity (Wildman–Crippen MR) is 109 cm³/mol. The zero-order valence-corrected chi connectivity index (χ0v) is 16.2. The van der Waals surface area contributed by atoms with E-state index in [-0.39, 0.29) is 27.8 Å². The Morgan fingerprint density at radius 3 is 2.35 bits per heavy atom. The number of benzene rings is 3. The molecule has 0 aliphatic rings. The maximum atomic E-state index is 13.7. The van der Waals surface area contributed by atoms with Crippen LogP contribution >= 0.6 is 0 Å². The number of carbonyl (C=O) groups excluding carboxylic acids is 1. The summed E-state index contributed by atoms with van der Waals surface area (Å²) in [4.78, 5) is 25.3. The molecule has 3 aromatic carbocycles. The van der Waals surface area contributed by atoms with Crippen LogP contribution < -0.4 is 10.2 Å². The van der Waals surface area contributed by atoms with Gasteiger partial charge >= 0.3 is 12.1 Å². The Hall–Kier alpha value is -3.87. The van der Waals surface area contributed by atoms with Gasteiger partial charge in [-0.05, 0) is 36.8 Å². The van der Waals surface area contributed by atoms with Crippen molar-refractivity contribution in [3.05, 3.63) is 99.9 Å². The van der Waals surface area contributed by atoms with Crippen molar-refractivity contribution in [1.82, 2.24) is 0 Å². The van der Waals surface area contributed by atoms with Crippen LogP contribution in [0.25, 0.3) is 22.1 Å². The molecule has 1 heterocycles. The van der Waals surface area contributed by atoms with Crippen molar-refractivity contribution in [2.45, 2.75) is 13.1 Å². The second-order valence-corrected chi connectivity index (χ2v) is 6.92. The number of hydrogen-bond donors (Lipinski definition) is 0. The molecule has 0 spiro atoms. The number of carbonyl (C=O) groups is 1. The molecule has 0 amide bonds. The third-order valence-corrected chi connectivity index (χ3v) is 4.65. The third kappa shape index (κ3) is 4.07. The summed E-state index contributed by atoms with van der Waals surface area (Å²) in [6, 6.07) is 17.9. The van der Waals surface area contributed by atoms with Crippen molar-refractivity contribution >= 4 is 16.9 Å². The van der Waals surface area contributed by atoms with Crippen LogP contribution in [0.1, 0.15) is 21.7 Å². The fourth-order valence-corrected chi connectivity index (χ4v) is 3.24. The Morgan fingerprint density at radius 1 is 0.935 bits per heavy atom. The van der Waals surface area contributed by atoms with Gasteiger partial charge in [0.25, 0.3) is 0 Å². The second kappa shape index (κ2) is 7.75. The van der Waals surface area contributed by atoms with Crippen LogP contribution in [-0.4, -0.2) is 5.97 Å². The highest BCUT2D eigenvalue weighted by Gasteiger charge is 2.39. The molecule has 0 N–H and O–H groups in total. The SMILES string of the molecule is Cc1cccc(C(=O)Oc2ccc3c(=O)c(-c4ccccc4)c(C(F)(F)F)oc3c2)c1. The summed E-state index contributed by atoms with van der Waals surface area (Å²) in [5.74, 6) is -2.12. The van der Waals surface area contributed by atoms with Gasteiger partial charge in [0, 0.05) is 6.07 Å². The number of hydrogen-bond acceptors (Lipinski definition) is 4. The van der Waals surface area contributed by atoms with Gasteiger partial charge in [0.05, 0.1) is 16.5 Å². The van der Waals surface area contributed by atoms with Crippen molar-refractivity contribution in [3.8, 4) is 16.9 Å². The molecule has 7 heteroatoms. The molecule has 0 saturated heterocycles. The fourth-order valence-electron chi connectivity index (χ4n) is 3.24. The highest BCUT2D eigenvalue weighted by Crippen LogP contribution is 2.37. The summed E-state index contributed by atoms with van der Waals surface area (Å²) in [7, 11) is 0. The molecule has 0 unspecified atom stereocenters. The van der Waals surface area contributed by atoms with Gasteiger partial charge < -0.3 is 9.15 Å². The van der Waals surface area contributed by atoms with Crippen LogP contribution in [0, 0.1) is 6.92 Å². The van der Waals surface area contributed by atoms with Gasteiger partial charge in [-0.1, -0.05) is 48.0 Å². The first-order valence-electron chi connectivity index (χ1n) is 9.26. The van der Waals surface area contributed by atoms with E-state index in [4.69, 9.17) is 9.15 Å². The highest BCUT2D eigenvalue weighted by atomic mass is 19.4. The summed E-state index contributed by atoms with van der Waals surface area (Å²) in [5.41, 5.74) is -0.479. The van der Waals surface area contributed by atoms with Gasteiger partial charge in [-0.3, -0.25) is 4.79 Å². The van der Waals surface area contributed by atoms with E-state index < -0.39 is 28.9 Å². The van der Waals surface area contributed by atoms with Gasteiger partial charge in [-0.25, -0.2) is 4.79 Å². The molecule has 4 nitrogen and oxygen atoms in total. The zero-order valence-electron chi connectivity index (χ0n) is 16.2. The summed E-state index contributed by atoms with van der Waals surface area (Å²) in [6.07, 6.45) is -4.90. The molecule has 0 radical (unpaired) electrons. The molecule has 156 valence electrons. The van der Waals surface area contributed by atoms with Crippen LogP contribution in [0.3, 0.4) is 0 Å². The van der Waals surface area contributed by atoms with Crippen LogP contribution in [-0.2, 0) is 6.18 Å². The van der Waals surface area contributed by atoms with E-state index in [0.29, 0.717) is 0 Å². The summed E-state index contributed by atoms with van der Waals surface area (Å²) in [5, 5.41) is -0.0535. The molecule has 0 aliphatic heterocycles. The van der Waals surface area contributed by atoms with E-state index >= 15 is 0 Å². The number of halogens is 3. The highest BCUT2D eigenvalue weighted by molar-refractivity contribution is 5.92. The normalized spacial score (nSPS) is 11.5. The van der Waals surface area contributed by atoms with Crippen LogP contribution in [0.2, 0.25) is 0 Å². The van der Waals surface area contributed by atoms with Crippen molar-refractivity contribution in [2.24, 2.45) is 0 Å². The quantitative estimate of drug-likeness (QED) is 0.299. The van der Waals surface area contributed by atoms with Crippen molar-refractivity contribution < 1.29 is 27.1 Å². The van der Waals surface area contributed by atoms with Crippen molar-refractivity contribution in [1.29, 1.82) is 0 Å². The average molecular weight is 424 g/mol. The Labute approximate surface area is 174 Å². The lowest BCUT2D eigenvalue weighted by Gasteiger charge is -2.13. The van der Waals surface area contributed by atoms with E-state index in [2.05, 4.69) is 0 Å². The van der Waals surface area contributed by atoms with E-state index in [1.54, 1.807) is 24.3 Å². The molecule has 0 fully saturated rings. The van der Waals surface area contributed by atoms with Crippen molar-refractivity contribution in [3.63, 3.8) is 0 Å². The van der Waals surface area contributed by atoms with E-state index in [0.717, 1.165) is 11.6 Å². The smallest absolute Gasteiger partial charge is 0.450 e. The fraction of sp³-hybridized carbons (Fsp3) is 0.0833. The number of fused-ring (bicyclic) bond motifs is 1. The monoisotopic (exact) mass is 424 g/mol. The first-order chi connectivity index (χ1) is 14.7. The average Bonchev–Trinajstić information content (AvgIpc) is 2.73. The maximum absolute atomic E-state index is 13.7. The minimum absolute atomic E-state index is 0.0391. The molecule has 4 aromatic rings. The zero-order chi connectivity index (χ0) is 22.2. The minimum Gasteiger partial charge on any atom is -0.450 e. The first-order valence-corrected chi connectivity index (χ1v) is 9.26. The topological polar surface area (TPSA) is 56.5 Å².